The van der Waals surface area contributed by atoms with Gasteiger partial charge in [0.15, 0.2) is 5.78 Å². The second-order valence-electron chi connectivity index (χ2n) is 7.90. The number of carbonyl (C=O) groups is 2. The van der Waals surface area contributed by atoms with Crippen LogP contribution in [0.4, 0.5) is 5.69 Å². The fraction of sp³-hybridized carbons (Fsp3) is 0.115. The van der Waals surface area contributed by atoms with E-state index in [1.807, 2.05) is 12.1 Å². The summed E-state index contributed by atoms with van der Waals surface area (Å²) in [6.45, 7) is 1.40. The van der Waals surface area contributed by atoms with Crippen molar-refractivity contribution >= 4 is 38.3 Å². The van der Waals surface area contributed by atoms with Crippen molar-refractivity contribution in [3.05, 3.63) is 96.1 Å². The van der Waals surface area contributed by atoms with Gasteiger partial charge in [-0.3, -0.25) is 14.3 Å². The summed E-state index contributed by atoms with van der Waals surface area (Å²) in [6, 6.07) is 24.0. The number of sulfonamides is 1. The largest absolute Gasteiger partial charge is 0.338 e. The molecule has 4 rings (SSSR count). The van der Waals surface area contributed by atoms with Gasteiger partial charge in [-0.25, -0.2) is 13.4 Å². The number of anilines is 1. The van der Waals surface area contributed by atoms with Crippen LogP contribution in [-0.4, -0.2) is 31.3 Å². The molecule has 1 amide bonds. The number of nitrogens with one attached hydrogen (secondary N) is 2. The Balaban J connectivity index is 1.95. The molecule has 4 aromatic rings. The molecule has 0 saturated carbocycles. The van der Waals surface area contributed by atoms with E-state index in [0.717, 1.165) is 6.26 Å². The fourth-order valence-electron chi connectivity index (χ4n) is 3.81. The third kappa shape index (κ3) is 4.97. The normalized spacial score (nSPS) is 12.2. The first-order valence-electron chi connectivity index (χ1n) is 10.6. The molecule has 3 aromatic carbocycles. The summed E-state index contributed by atoms with van der Waals surface area (Å²) in [7, 11) is -3.77. The number of benzene rings is 3. The highest BCUT2D eigenvalue weighted by atomic mass is 32.2. The van der Waals surface area contributed by atoms with Gasteiger partial charge in [0.1, 0.15) is 6.04 Å². The lowest BCUT2D eigenvalue weighted by atomic mass is 10.0. The molecular formula is C26H23N3O4S. The zero-order chi connectivity index (χ0) is 24.3. The van der Waals surface area contributed by atoms with Crippen molar-refractivity contribution in [3.63, 3.8) is 0 Å². The van der Waals surface area contributed by atoms with Crippen LogP contribution in [0.2, 0.25) is 0 Å². The molecule has 0 fully saturated rings. The van der Waals surface area contributed by atoms with Gasteiger partial charge in [0.05, 0.1) is 28.7 Å². The second kappa shape index (κ2) is 9.44. The molecule has 0 aliphatic heterocycles. The maximum atomic E-state index is 13.7. The minimum absolute atomic E-state index is 0.0558. The van der Waals surface area contributed by atoms with Crippen LogP contribution in [-0.2, 0) is 14.8 Å². The number of fused-ring (bicyclic) bond motifs is 1. The van der Waals surface area contributed by atoms with Gasteiger partial charge >= 0.3 is 0 Å². The number of pyridine rings is 1. The Bertz CT molecular complexity index is 1470. The van der Waals surface area contributed by atoms with Crippen molar-refractivity contribution in [2.45, 2.75) is 13.0 Å². The summed E-state index contributed by atoms with van der Waals surface area (Å²) in [5.74, 6) is -0.843. The van der Waals surface area contributed by atoms with Crippen LogP contribution >= 0.6 is 0 Å². The first-order chi connectivity index (χ1) is 16.2. The maximum absolute atomic E-state index is 13.7. The van der Waals surface area contributed by atoms with E-state index >= 15 is 0 Å². The lowest BCUT2D eigenvalue weighted by Gasteiger charge is -2.21. The molecule has 0 bridgehead atoms. The summed E-state index contributed by atoms with van der Waals surface area (Å²) in [5.41, 5.74) is 2.25. The molecule has 1 aromatic heterocycles. The Hall–Kier alpha value is -4.04. The number of aromatic nitrogens is 1. The van der Waals surface area contributed by atoms with Crippen molar-refractivity contribution in [2.24, 2.45) is 0 Å². The molecule has 2 N–H and O–H groups in total. The van der Waals surface area contributed by atoms with Gasteiger partial charge in [-0.2, -0.15) is 0 Å². The number of hydrogen-bond acceptors (Lipinski definition) is 5. The highest BCUT2D eigenvalue weighted by molar-refractivity contribution is 7.92. The number of hydrogen-bond donors (Lipinski definition) is 2. The summed E-state index contributed by atoms with van der Waals surface area (Å²) in [6.07, 6.45) is 1.01. The molecule has 34 heavy (non-hydrogen) atoms. The van der Waals surface area contributed by atoms with Gasteiger partial charge < -0.3 is 5.32 Å². The van der Waals surface area contributed by atoms with Crippen molar-refractivity contribution in [1.82, 2.24) is 10.3 Å². The van der Waals surface area contributed by atoms with Crippen molar-refractivity contribution < 1.29 is 18.0 Å². The molecule has 8 heteroatoms. The van der Waals surface area contributed by atoms with Crippen molar-refractivity contribution in [1.29, 1.82) is 0 Å². The molecule has 0 saturated heterocycles. The second-order valence-corrected chi connectivity index (χ2v) is 9.64. The molecule has 1 atom stereocenters. The number of para-hydroxylation sites is 1. The molecule has 0 spiro atoms. The SMILES string of the molecule is CC(=O)[C@H](NC(=O)c1c(NS(C)(=O)=O)c(-c2ccccc2)n[13c]2[13cH][13cH][13cH][13cH][13c]12)c1ccccc1. The molecule has 0 unspecified atom stereocenters. The molecule has 172 valence electrons. The van der Waals surface area contributed by atoms with Crippen LogP contribution in [0.1, 0.15) is 28.9 Å². The van der Waals surface area contributed by atoms with E-state index in [4.69, 9.17) is 0 Å². The monoisotopic (exact) mass is 479 g/mol. The minimum atomic E-state index is -3.77. The maximum Gasteiger partial charge on any atom is 0.255 e. The number of Topliss-reactive ketones (excluding diaryl/α,β-unsaturated/α-hetero) is 1. The van der Waals surface area contributed by atoms with E-state index in [9.17, 15) is 18.0 Å². The Kier molecular flexibility index (Phi) is 6.43. The highest BCUT2D eigenvalue weighted by Crippen LogP contribution is 2.35. The summed E-state index contributed by atoms with van der Waals surface area (Å²) >= 11 is 0. The third-order valence-corrected chi connectivity index (χ3v) is 5.84. The van der Waals surface area contributed by atoms with Gasteiger partial charge in [0, 0.05) is 10.9 Å². The summed E-state index contributed by atoms with van der Waals surface area (Å²) in [5, 5.41) is 3.25. The van der Waals surface area contributed by atoms with Crippen LogP contribution in [0, 0.1) is 0 Å². The Morgan fingerprint density at radius 3 is 2.06 bits per heavy atom. The Labute approximate surface area is 197 Å². The average Bonchev–Trinajstić information content (AvgIpc) is 2.82. The van der Waals surface area contributed by atoms with Crippen LogP contribution in [0.3, 0.4) is 0 Å². The van der Waals surface area contributed by atoms with Gasteiger partial charge in [0.2, 0.25) is 10.0 Å². The van der Waals surface area contributed by atoms with E-state index in [1.165, 1.54) is 6.92 Å². The lowest BCUT2D eigenvalue weighted by molar-refractivity contribution is -0.118. The van der Waals surface area contributed by atoms with E-state index < -0.39 is 22.0 Å². The average molecular weight is 480 g/mol. The minimum Gasteiger partial charge on any atom is -0.338 e. The van der Waals surface area contributed by atoms with Crippen LogP contribution in [0.15, 0.2) is 84.9 Å². The predicted octanol–water partition coefficient (Wildman–Crippen LogP) is 4.33. The molecule has 0 aliphatic rings. The van der Waals surface area contributed by atoms with E-state index in [0.29, 0.717) is 27.7 Å². The first kappa shape index (κ1) is 23.1. The van der Waals surface area contributed by atoms with E-state index in [2.05, 4.69) is 15.0 Å². The van der Waals surface area contributed by atoms with Gasteiger partial charge in [0.25, 0.3) is 5.91 Å². The number of ketones is 1. The number of amides is 1. The zero-order valence-corrected chi connectivity index (χ0v) is 19.5. The van der Waals surface area contributed by atoms with Gasteiger partial charge in [-0.1, -0.05) is 78.9 Å². The van der Waals surface area contributed by atoms with Gasteiger partial charge in [-0.15, -0.1) is 0 Å². The third-order valence-electron chi connectivity index (χ3n) is 5.27. The number of rotatable bonds is 7. The number of nitrogens with zero attached hydrogens (tertiary/aromatic N) is 1. The molecule has 0 radical (unpaired) electrons. The summed E-state index contributed by atoms with van der Waals surface area (Å²) in [4.78, 5) is 30.8. The molecule has 7 nitrogen and oxygen atoms in total. The molecule has 0 aliphatic carbocycles. The zero-order valence-electron chi connectivity index (χ0n) is 18.6. The van der Waals surface area contributed by atoms with E-state index in [-0.39, 0.29) is 17.0 Å². The Morgan fingerprint density at radius 2 is 1.44 bits per heavy atom. The Morgan fingerprint density at radius 1 is 0.853 bits per heavy atom. The van der Waals surface area contributed by atoms with E-state index in [1.54, 1.807) is 72.8 Å². The van der Waals surface area contributed by atoms with Crippen molar-refractivity contribution in [3.8, 4) is 11.3 Å². The van der Waals surface area contributed by atoms with Crippen LogP contribution < -0.4 is 10.0 Å². The van der Waals surface area contributed by atoms with Crippen LogP contribution in [0.5, 0.6) is 0 Å². The topological polar surface area (TPSA) is 105 Å². The lowest BCUT2D eigenvalue weighted by Crippen LogP contribution is -2.33. The smallest absolute Gasteiger partial charge is 0.255 e. The predicted molar refractivity (Wildman–Crippen MR) is 133 cm³/mol. The van der Waals surface area contributed by atoms with Crippen LogP contribution in [0.25, 0.3) is 22.2 Å². The standard InChI is InChI=1S/C26H23N3O4S/c1-17(30)23(18-11-5-3-6-12-18)28-26(31)22-20-15-9-10-16-21(20)27-24(19-13-7-4-8-14-19)25(22)29-34(2,32)33/h3-16,23,29H,1-2H3,(H,28,31)/t23-/m0/s1/i9+1,10+1,15+1,16+1,20+1,21+1. The highest BCUT2D eigenvalue weighted by Gasteiger charge is 2.27. The first-order valence-corrected chi connectivity index (χ1v) is 12.5. The molecule has 1 heterocycles. The van der Waals surface area contributed by atoms with Crippen molar-refractivity contribution in [2.75, 3.05) is 11.0 Å². The van der Waals surface area contributed by atoms with Gasteiger partial charge in [-0.05, 0) is 18.6 Å². The summed E-state index contributed by atoms with van der Waals surface area (Å²) < 4.78 is 27.1. The number of carbonyl (C=O) groups excluding carboxylic acids is 2. The fourth-order valence-corrected chi connectivity index (χ4v) is 4.38. The quantitative estimate of drug-likeness (QED) is 0.410. The molecular weight excluding hydrogens is 456 g/mol.